The van der Waals surface area contributed by atoms with E-state index in [0.717, 1.165) is 5.56 Å². The molecule has 6 nitrogen and oxygen atoms in total. The first-order chi connectivity index (χ1) is 13.5. The Labute approximate surface area is 167 Å². The van der Waals surface area contributed by atoms with Gasteiger partial charge in [0.2, 0.25) is 5.91 Å². The Kier molecular flexibility index (Phi) is 6.65. The molecule has 0 unspecified atom stereocenters. The van der Waals surface area contributed by atoms with Gasteiger partial charge in [0.05, 0.1) is 5.75 Å². The first-order valence-electron chi connectivity index (χ1n) is 8.81. The fourth-order valence-corrected chi connectivity index (χ4v) is 3.32. The molecule has 0 saturated heterocycles. The van der Waals surface area contributed by atoms with Crippen molar-refractivity contribution in [1.29, 1.82) is 0 Å². The van der Waals surface area contributed by atoms with Gasteiger partial charge < -0.3 is 14.6 Å². The molecule has 146 valence electrons. The van der Waals surface area contributed by atoms with Gasteiger partial charge in [0, 0.05) is 17.8 Å². The molecule has 0 bridgehead atoms. The summed E-state index contributed by atoms with van der Waals surface area (Å²) in [5.74, 6) is 0.214. The van der Waals surface area contributed by atoms with E-state index in [1.807, 2.05) is 42.7 Å². The Morgan fingerprint density at radius 2 is 2.07 bits per heavy atom. The Balaban J connectivity index is 1.53. The second-order valence-electron chi connectivity index (χ2n) is 6.40. The SMILES string of the molecule is CC(C)n1cnnc1SCC(=O)Nc1cccc(COc2cccc(F)c2)c1. The zero-order chi connectivity index (χ0) is 19.9. The van der Waals surface area contributed by atoms with Gasteiger partial charge in [0.1, 0.15) is 24.5 Å². The van der Waals surface area contributed by atoms with E-state index < -0.39 is 0 Å². The Hall–Kier alpha value is -2.87. The molecule has 1 amide bonds. The summed E-state index contributed by atoms with van der Waals surface area (Å²) in [7, 11) is 0. The fourth-order valence-electron chi connectivity index (χ4n) is 2.48. The second kappa shape index (κ2) is 9.36. The van der Waals surface area contributed by atoms with E-state index in [9.17, 15) is 9.18 Å². The molecule has 1 N–H and O–H groups in total. The molecule has 0 aliphatic heterocycles. The highest BCUT2D eigenvalue weighted by molar-refractivity contribution is 7.99. The number of nitrogens with zero attached hydrogens (tertiary/aromatic N) is 3. The Morgan fingerprint density at radius 1 is 1.25 bits per heavy atom. The van der Waals surface area contributed by atoms with E-state index in [-0.39, 0.29) is 30.1 Å². The summed E-state index contributed by atoms with van der Waals surface area (Å²) < 4.78 is 20.7. The molecule has 28 heavy (non-hydrogen) atoms. The number of carbonyl (C=O) groups excluding carboxylic acids is 1. The summed E-state index contributed by atoms with van der Waals surface area (Å²) in [5.41, 5.74) is 1.55. The average molecular weight is 400 g/mol. The number of benzene rings is 2. The van der Waals surface area contributed by atoms with Crippen LogP contribution in [0.25, 0.3) is 0 Å². The van der Waals surface area contributed by atoms with Gasteiger partial charge in [-0.2, -0.15) is 0 Å². The van der Waals surface area contributed by atoms with E-state index in [2.05, 4.69) is 15.5 Å². The Morgan fingerprint density at radius 3 is 2.86 bits per heavy atom. The van der Waals surface area contributed by atoms with Crippen LogP contribution < -0.4 is 10.1 Å². The molecule has 0 fully saturated rings. The lowest BCUT2D eigenvalue weighted by molar-refractivity contribution is -0.113. The number of aromatic nitrogens is 3. The monoisotopic (exact) mass is 400 g/mol. The molecular formula is C20H21FN4O2S. The maximum Gasteiger partial charge on any atom is 0.234 e. The molecule has 0 aliphatic carbocycles. The molecule has 0 radical (unpaired) electrons. The van der Waals surface area contributed by atoms with Gasteiger partial charge in [-0.1, -0.05) is 30.0 Å². The maximum atomic E-state index is 13.2. The molecule has 8 heteroatoms. The zero-order valence-electron chi connectivity index (χ0n) is 15.6. The van der Waals surface area contributed by atoms with Gasteiger partial charge in [-0.25, -0.2) is 4.39 Å². The van der Waals surface area contributed by atoms with Crippen LogP contribution >= 0.6 is 11.8 Å². The third kappa shape index (κ3) is 5.56. The van der Waals surface area contributed by atoms with Crippen molar-refractivity contribution in [3.63, 3.8) is 0 Å². The lowest BCUT2D eigenvalue weighted by Gasteiger charge is -2.10. The van der Waals surface area contributed by atoms with Gasteiger partial charge in [-0.15, -0.1) is 10.2 Å². The first-order valence-corrected chi connectivity index (χ1v) is 9.79. The largest absolute Gasteiger partial charge is 0.489 e. The molecular weight excluding hydrogens is 379 g/mol. The van der Waals surface area contributed by atoms with E-state index in [1.54, 1.807) is 18.5 Å². The van der Waals surface area contributed by atoms with E-state index in [4.69, 9.17) is 4.74 Å². The van der Waals surface area contributed by atoms with Crippen LogP contribution in [0, 0.1) is 5.82 Å². The number of carbonyl (C=O) groups is 1. The van der Waals surface area contributed by atoms with Crippen molar-refractivity contribution in [3.8, 4) is 5.75 Å². The van der Waals surface area contributed by atoms with Crippen molar-refractivity contribution < 1.29 is 13.9 Å². The second-order valence-corrected chi connectivity index (χ2v) is 7.34. The standard InChI is InChI=1S/C20H21FN4O2S/c1-14(2)25-13-22-24-20(25)28-12-19(26)23-17-7-3-5-15(9-17)11-27-18-8-4-6-16(21)10-18/h3-10,13-14H,11-12H2,1-2H3,(H,23,26). The number of nitrogens with one attached hydrogen (secondary N) is 1. The summed E-state index contributed by atoms with van der Waals surface area (Å²) >= 11 is 1.34. The van der Waals surface area contributed by atoms with Crippen molar-refractivity contribution in [2.24, 2.45) is 0 Å². The number of hydrogen-bond acceptors (Lipinski definition) is 5. The highest BCUT2D eigenvalue weighted by Crippen LogP contribution is 2.20. The topological polar surface area (TPSA) is 69.0 Å². The van der Waals surface area contributed by atoms with Crippen molar-refractivity contribution >= 4 is 23.4 Å². The van der Waals surface area contributed by atoms with Crippen LogP contribution in [0.4, 0.5) is 10.1 Å². The molecule has 0 spiro atoms. The number of rotatable bonds is 8. The molecule has 1 aromatic heterocycles. The molecule has 2 aromatic carbocycles. The van der Waals surface area contributed by atoms with Gasteiger partial charge in [0.25, 0.3) is 0 Å². The maximum absolute atomic E-state index is 13.2. The summed E-state index contributed by atoms with van der Waals surface area (Å²) in [6.07, 6.45) is 1.66. The summed E-state index contributed by atoms with van der Waals surface area (Å²) in [6, 6.07) is 13.6. The Bertz CT molecular complexity index is 945. The minimum Gasteiger partial charge on any atom is -0.489 e. The van der Waals surface area contributed by atoms with Crippen LogP contribution in [0.15, 0.2) is 60.0 Å². The smallest absolute Gasteiger partial charge is 0.234 e. The van der Waals surface area contributed by atoms with Crippen molar-refractivity contribution in [3.05, 3.63) is 66.2 Å². The van der Waals surface area contributed by atoms with E-state index >= 15 is 0 Å². The molecule has 1 heterocycles. The number of ether oxygens (including phenoxy) is 1. The van der Waals surface area contributed by atoms with Gasteiger partial charge in [-0.05, 0) is 43.7 Å². The molecule has 3 rings (SSSR count). The van der Waals surface area contributed by atoms with Gasteiger partial charge in [-0.3, -0.25) is 4.79 Å². The highest BCUT2D eigenvalue weighted by Gasteiger charge is 2.11. The molecule has 0 atom stereocenters. The van der Waals surface area contributed by atoms with Gasteiger partial charge in [0.15, 0.2) is 5.16 Å². The van der Waals surface area contributed by atoms with Gasteiger partial charge >= 0.3 is 0 Å². The molecule has 3 aromatic rings. The van der Waals surface area contributed by atoms with Crippen LogP contribution in [0.1, 0.15) is 25.5 Å². The van der Waals surface area contributed by atoms with Crippen molar-refractivity contribution in [2.75, 3.05) is 11.1 Å². The molecule has 0 saturated carbocycles. The van der Waals surface area contributed by atoms with Crippen LogP contribution in [-0.2, 0) is 11.4 Å². The number of thioether (sulfide) groups is 1. The summed E-state index contributed by atoms with van der Waals surface area (Å²) in [5, 5.41) is 11.5. The fraction of sp³-hybridized carbons (Fsp3) is 0.250. The average Bonchev–Trinajstić information content (AvgIpc) is 3.14. The van der Waals surface area contributed by atoms with E-state index in [1.165, 1.54) is 23.9 Å². The third-order valence-electron chi connectivity index (χ3n) is 3.84. The first kappa shape index (κ1) is 19.9. The quantitative estimate of drug-likeness (QED) is 0.571. The number of hydrogen-bond donors (Lipinski definition) is 1. The van der Waals surface area contributed by atoms with Crippen molar-refractivity contribution in [1.82, 2.24) is 14.8 Å². The minimum absolute atomic E-state index is 0.133. The number of halogens is 1. The molecule has 0 aliphatic rings. The predicted molar refractivity (Wildman–Crippen MR) is 107 cm³/mol. The summed E-state index contributed by atoms with van der Waals surface area (Å²) in [6.45, 7) is 4.34. The normalized spacial score (nSPS) is 10.9. The number of amides is 1. The third-order valence-corrected chi connectivity index (χ3v) is 4.80. The minimum atomic E-state index is -0.343. The van der Waals surface area contributed by atoms with Crippen LogP contribution in [0.5, 0.6) is 5.75 Å². The number of anilines is 1. The van der Waals surface area contributed by atoms with Crippen LogP contribution in [0.2, 0.25) is 0 Å². The summed E-state index contributed by atoms with van der Waals surface area (Å²) in [4.78, 5) is 12.3. The zero-order valence-corrected chi connectivity index (χ0v) is 16.4. The highest BCUT2D eigenvalue weighted by atomic mass is 32.2. The van der Waals surface area contributed by atoms with Crippen LogP contribution in [-0.4, -0.2) is 26.4 Å². The van der Waals surface area contributed by atoms with Crippen LogP contribution in [0.3, 0.4) is 0 Å². The van der Waals surface area contributed by atoms with E-state index in [0.29, 0.717) is 16.6 Å². The lowest BCUT2D eigenvalue weighted by atomic mass is 10.2. The predicted octanol–water partition coefficient (Wildman–Crippen LogP) is 4.31. The van der Waals surface area contributed by atoms with Crippen molar-refractivity contribution in [2.45, 2.75) is 31.7 Å². The lowest BCUT2D eigenvalue weighted by Crippen LogP contribution is -2.15.